The average molecular weight is 259 g/mol. The molecular formula is C14H17N3O2. The summed E-state index contributed by atoms with van der Waals surface area (Å²) in [5.41, 5.74) is 9.17. The minimum atomic E-state index is -0.334. The van der Waals surface area contributed by atoms with Crippen LogP contribution in [0.25, 0.3) is 5.69 Å². The quantitative estimate of drug-likeness (QED) is 0.678. The number of ether oxygens (including phenoxy) is 1. The Morgan fingerprint density at radius 3 is 2.53 bits per heavy atom. The summed E-state index contributed by atoms with van der Waals surface area (Å²) in [4.78, 5) is 11.9. The lowest BCUT2D eigenvalue weighted by atomic mass is 10.2. The van der Waals surface area contributed by atoms with Crippen LogP contribution in [0, 0.1) is 13.8 Å². The van der Waals surface area contributed by atoms with Crippen LogP contribution in [0.5, 0.6) is 0 Å². The van der Waals surface area contributed by atoms with Crippen molar-refractivity contribution in [2.24, 2.45) is 0 Å². The third kappa shape index (κ3) is 2.45. The molecule has 2 aromatic rings. The van der Waals surface area contributed by atoms with E-state index in [9.17, 15) is 4.79 Å². The molecule has 0 saturated carbocycles. The van der Waals surface area contributed by atoms with Gasteiger partial charge in [-0.1, -0.05) is 0 Å². The van der Waals surface area contributed by atoms with Gasteiger partial charge in [0, 0.05) is 5.69 Å². The summed E-state index contributed by atoms with van der Waals surface area (Å²) >= 11 is 0. The molecule has 0 aliphatic heterocycles. The predicted molar refractivity (Wildman–Crippen MR) is 73.4 cm³/mol. The van der Waals surface area contributed by atoms with Crippen LogP contribution >= 0.6 is 0 Å². The minimum absolute atomic E-state index is 0.334. The van der Waals surface area contributed by atoms with Crippen LogP contribution in [-0.4, -0.2) is 22.4 Å². The highest BCUT2D eigenvalue weighted by Crippen LogP contribution is 2.19. The number of esters is 1. The standard InChI is InChI=1S/C14H17N3O2/c1-4-19-14(18)13-9(2)16-17(10(13)3)12-7-5-11(15)6-8-12/h5-8H,4,15H2,1-3H3. The van der Waals surface area contributed by atoms with Gasteiger partial charge >= 0.3 is 5.97 Å². The topological polar surface area (TPSA) is 70.1 Å². The third-order valence-corrected chi connectivity index (χ3v) is 2.91. The lowest BCUT2D eigenvalue weighted by Crippen LogP contribution is -2.07. The van der Waals surface area contributed by atoms with Crippen molar-refractivity contribution in [3.63, 3.8) is 0 Å². The zero-order valence-electron chi connectivity index (χ0n) is 11.3. The van der Waals surface area contributed by atoms with Gasteiger partial charge in [-0.3, -0.25) is 0 Å². The highest BCUT2D eigenvalue weighted by molar-refractivity contribution is 5.92. The van der Waals surface area contributed by atoms with Gasteiger partial charge in [-0.2, -0.15) is 5.10 Å². The Morgan fingerprint density at radius 2 is 1.95 bits per heavy atom. The number of aromatic nitrogens is 2. The summed E-state index contributed by atoms with van der Waals surface area (Å²) in [6, 6.07) is 7.33. The summed E-state index contributed by atoms with van der Waals surface area (Å²) in [6.45, 7) is 5.79. The SMILES string of the molecule is CCOC(=O)c1c(C)nn(-c2ccc(N)cc2)c1C. The van der Waals surface area contributed by atoms with Crippen molar-refractivity contribution in [1.82, 2.24) is 9.78 Å². The highest BCUT2D eigenvalue weighted by atomic mass is 16.5. The van der Waals surface area contributed by atoms with E-state index in [4.69, 9.17) is 10.5 Å². The molecule has 0 aliphatic carbocycles. The fraction of sp³-hybridized carbons (Fsp3) is 0.286. The van der Waals surface area contributed by atoms with E-state index in [2.05, 4.69) is 5.10 Å². The number of nitrogen functional groups attached to an aromatic ring is 1. The molecule has 0 amide bonds. The lowest BCUT2D eigenvalue weighted by molar-refractivity contribution is 0.0524. The van der Waals surface area contributed by atoms with Crippen molar-refractivity contribution in [3.8, 4) is 5.69 Å². The van der Waals surface area contributed by atoms with Crippen LogP contribution in [0.1, 0.15) is 28.7 Å². The number of carbonyl (C=O) groups is 1. The molecule has 0 saturated heterocycles. The van der Waals surface area contributed by atoms with Crippen molar-refractivity contribution >= 4 is 11.7 Å². The maximum atomic E-state index is 11.9. The number of hydrogen-bond donors (Lipinski definition) is 1. The first-order valence-corrected chi connectivity index (χ1v) is 6.13. The van der Waals surface area contributed by atoms with Gasteiger partial charge in [0.05, 0.1) is 23.7 Å². The Morgan fingerprint density at radius 1 is 1.32 bits per heavy atom. The molecule has 2 N–H and O–H groups in total. The summed E-state index contributed by atoms with van der Waals surface area (Å²) in [6.07, 6.45) is 0. The van der Waals surface area contributed by atoms with Gasteiger partial charge < -0.3 is 10.5 Å². The Labute approximate surface area is 112 Å². The Bertz CT molecular complexity index is 600. The number of aryl methyl sites for hydroxylation is 1. The number of hydrogen-bond acceptors (Lipinski definition) is 4. The molecular weight excluding hydrogens is 242 g/mol. The monoisotopic (exact) mass is 259 g/mol. The van der Waals surface area contributed by atoms with E-state index in [0.717, 1.165) is 11.4 Å². The number of carbonyl (C=O) groups excluding carboxylic acids is 1. The van der Waals surface area contributed by atoms with Crippen molar-refractivity contribution in [2.45, 2.75) is 20.8 Å². The van der Waals surface area contributed by atoms with Crippen molar-refractivity contribution in [1.29, 1.82) is 0 Å². The van der Waals surface area contributed by atoms with Crippen LogP contribution in [0.15, 0.2) is 24.3 Å². The van der Waals surface area contributed by atoms with E-state index in [1.165, 1.54) is 0 Å². The number of nitrogens with zero attached hydrogens (tertiary/aromatic N) is 2. The molecule has 1 aromatic heterocycles. The molecule has 1 heterocycles. The summed E-state index contributed by atoms with van der Waals surface area (Å²) in [7, 11) is 0. The van der Waals surface area contributed by atoms with Crippen LogP contribution in [0.4, 0.5) is 5.69 Å². The maximum absolute atomic E-state index is 11.9. The molecule has 2 rings (SSSR count). The smallest absolute Gasteiger partial charge is 0.341 e. The Kier molecular flexibility index (Phi) is 3.55. The average Bonchev–Trinajstić information content (AvgIpc) is 2.66. The normalized spacial score (nSPS) is 10.5. The van der Waals surface area contributed by atoms with Gasteiger partial charge in [-0.05, 0) is 45.0 Å². The second kappa shape index (κ2) is 5.14. The molecule has 5 heteroatoms. The van der Waals surface area contributed by atoms with Crippen molar-refractivity contribution in [2.75, 3.05) is 12.3 Å². The van der Waals surface area contributed by atoms with Gasteiger partial charge in [0.25, 0.3) is 0 Å². The molecule has 5 nitrogen and oxygen atoms in total. The molecule has 19 heavy (non-hydrogen) atoms. The summed E-state index contributed by atoms with van der Waals surface area (Å²) in [5.74, 6) is -0.334. The molecule has 0 spiro atoms. The molecule has 0 unspecified atom stereocenters. The molecule has 0 bridgehead atoms. The highest BCUT2D eigenvalue weighted by Gasteiger charge is 2.20. The molecule has 1 aromatic carbocycles. The zero-order valence-corrected chi connectivity index (χ0v) is 11.3. The number of rotatable bonds is 3. The van der Waals surface area contributed by atoms with Crippen LogP contribution < -0.4 is 5.73 Å². The molecule has 0 radical (unpaired) electrons. The summed E-state index contributed by atoms with van der Waals surface area (Å²) in [5, 5.41) is 4.39. The van der Waals surface area contributed by atoms with Gasteiger partial charge in [-0.25, -0.2) is 9.48 Å². The first kappa shape index (κ1) is 13.1. The summed E-state index contributed by atoms with van der Waals surface area (Å²) < 4.78 is 6.77. The first-order chi connectivity index (χ1) is 9.04. The van der Waals surface area contributed by atoms with E-state index < -0.39 is 0 Å². The molecule has 0 aliphatic rings. The maximum Gasteiger partial charge on any atom is 0.341 e. The number of benzene rings is 1. The largest absolute Gasteiger partial charge is 0.462 e. The third-order valence-electron chi connectivity index (χ3n) is 2.91. The fourth-order valence-corrected chi connectivity index (χ4v) is 2.01. The van der Waals surface area contributed by atoms with Crippen molar-refractivity contribution < 1.29 is 9.53 Å². The van der Waals surface area contributed by atoms with Gasteiger partial charge in [0.1, 0.15) is 5.56 Å². The predicted octanol–water partition coefficient (Wildman–Crippen LogP) is 2.25. The lowest BCUT2D eigenvalue weighted by Gasteiger charge is -2.05. The fourth-order valence-electron chi connectivity index (χ4n) is 2.01. The number of anilines is 1. The van der Waals surface area contributed by atoms with Crippen LogP contribution in [-0.2, 0) is 4.74 Å². The molecule has 0 fully saturated rings. The van der Waals surface area contributed by atoms with Gasteiger partial charge in [0.15, 0.2) is 0 Å². The minimum Gasteiger partial charge on any atom is -0.462 e. The zero-order chi connectivity index (χ0) is 14.0. The Balaban J connectivity index is 2.46. The molecule has 0 atom stereocenters. The van der Waals surface area contributed by atoms with Crippen LogP contribution in [0.3, 0.4) is 0 Å². The number of nitrogens with two attached hydrogens (primary N) is 1. The molecule has 100 valence electrons. The second-order valence-electron chi connectivity index (χ2n) is 4.27. The van der Waals surface area contributed by atoms with Crippen molar-refractivity contribution in [3.05, 3.63) is 41.2 Å². The Hall–Kier alpha value is -2.30. The first-order valence-electron chi connectivity index (χ1n) is 6.13. The van der Waals surface area contributed by atoms with Gasteiger partial charge in [0.2, 0.25) is 0 Å². The van der Waals surface area contributed by atoms with E-state index in [1.54, 1.807) is 30.7 Å². The van der Waals surface area contributed by atoms with E-state index in [1.807, 2.05) is 19.1 Å². The van der Waals surface area contributed by atoms with E-state index in [-0.39, 0.29) is 5.97 Å². The van der Waals surface area contributed by atoms with Crippen LogP contribution in [0.2, 0.25) is 0 Å². The van der Waals surface area contributed by atoms with Gasteiger partial charge in [-0.15, -0.1) is 0 Å². The van der Waals surface area contributed by atoms with E-state index >= 15 is 0 Å². The van der Waals surface area contributed by atoms with E-state index in [0.29, 0.717) is 23.6 Å². The second-order valence-corrected chi connectivity index (χ2v) is 4.27.